The minimum absolute atomic E-state index is 0.0874. The molecule has 1 amide bonds. The van der Waals surface area contributed by atoms with Crippen molar-refractivity contribution in [1.29, 1.82) is 0 Å². The summed E-state index contributed by atoms with van der Waals surface area (Å²) in [5, 5.41) is 0. The lowest BCUT2D eigenvalue weighted by Crippen LogP contribution is -2.36. The first-order valence-electron chi connectivity index (χ1n) is 8.61. The molecule has 1 atom stereocenters. The molecule has 26 heavy (non-hydrogen) atoms. The summed E-state index contributed by atoms with van der Waals surface area (Å²) in [6, 6.07) is 10.3. The summed E-state index contributed by atoms with van der Waals surface area (Å²) in [4.78, 5) is 20.6. The van der Waals surface area contributed by atoms with Crippen molar-refractivity contribution in [3.8, 4) is 0 Å². The molecule has 0 aliphatic carbocycles. The standard InChI is InChI=1S/C19H18F3N3O/c20-19(21,22)15-5-6-17(23-11-15)24-9-7-14(12-24)18(26)25-10-8-13-3-1-2-4-16(13)25/h1-6,11,14H,7-10,12H2. The van der Waals surface area contributed by atoms with E-state index in [4.69, 9.17) is 0 Å². The van der Waals surface area contributed by atoms with Gasteiger partial charge in [0.25, 0.3) is 0 Å². The van der Waals surface area contributed by atoms with Gasteiger partial charge in [0.1, 0.15) is 5.82 Å². The molecule has 0 saturated carbocycles. The van der Waals surface area contributed by atoms with Crippen molar-refractivity contribution in [3.63, 3.8) is 0 Å². The first kappa shape index (κ1) is 16.9. The van der Waals surface area contributed by atoms with E-state index in [1.165, 1.54) is 11.6 Å². The number of hydrogen-bond donors (Lipinski definition) is 0. The van der Waals surface area contributed by atoms with Crippen molar-refractivity contribution in [2.75, 3.05) is 29.4 Å². The van der Waals surface area contributed by atoms with Crippen LogP contribution in [0, 0.1) is 5.92 Å². The predicted octanol–water partition coefficient (Wildman–Crippen LogP) is 3.52. The van der Waals surface area contributed by atoms with Gasteiger partial charge in [-0.05, 0) is 36.6 Å². The third-order valence-corrected chi connectivity index (χ3v) is 5.09. The molecule has 2 aliphatic heterocycles. The summed E-state index contributed by atoms with van der Waals surface area (Å²) in [6.07, 6.45) is -2.00. The van der Waals surface area contributed by atoms with Gasteiger partial charge < -0.3 is 9.80 Å². The van der Waals surface area contributed by atoms with Crippen LogP contribution in [0.25, 0.3) is 0 Å². The highest BCUT2D eigenvalue weighted by molar-refractivity contribution is 5.97. The largest absolute Gasteiger partial charge is 0.417 e. The number of halogens is 3. The van der Waals surface area contributed by atoms with Gasteiger partial charge in [0.15, 0.2) is 0 Å². The molecule has 0 radical (unpaired) electrons. The van der Waals surface area contributed by atoms with Crippen LogP contribution in [-0.4, -0.2) is 30.5 Å². The van der Waals surface area contributed by atoms with Crippen LogP contribution in [0.4, 0.5) is 24.7 Å². The van der Waals surface area contributed by atoms with E-state index in [1.807, 2.05) is 34.1 Å². The number of carbonyl (C=O) groups is 1. The van der Waals surface area contributed by atoms with Gasteiger partial charge in [-0.3, -0.25) is 4.79 Å². The van der Waals surface area contributed by atoms with E-state index in [0.717, 1.165) is 24.4 Å². The van der Waals surface area contributed by atoms with Gasteiger partial charge in [0, 0.05) is 31.5 Å². The van der Waals surface area contributed by atoms with Gasteiger partial charge in [-0.15, -0.1) is 0 Å². The van der Waals surface area contributed by atoms with Crippen LogP contribution in [0.3, 0.4) is 0 Å². The van der Waals surface area contributed by atoms with Crippen LogP contribution < -0.4 is 9.80 Å². The Morgan fingerprint density at radius 1 is 1.12 bits per heavy atom. The van der Waals surface area contributed by atoms with Crippen LogP contribution in [-0.2, 0) is 17.4 Å². The number of pyridine rings is 1. The Hall–Kier alpha value is -2.57. The van der Waals surface area contributed by atoms with Crippen LogP contribution in [0.2, 0.25) is 0 Å². The maximum atomic E-state index is 12.9. The van der Waals surface area contributed by atoms with Crippen LogP contribution >= 0.6 is 0 Å². The molecule has 1 aromatic heterocycles. The number of rotatable bonds is 2. The average Bonchev–Trinajstić information content (AvgIpc) is 3.28. The Bertz CT molecular complexity index is 820. The van der Waals surface area contributed by atoms with Gasteiger partial charge in [-0.1, -0.05) is 18.2 Å². The van der Waals surface area contributed by atoms with E-state index >= 15 is 0 Å². The molecular formula is C19H18F3N3O. The molecular weight excluding hydrogens is 343 g/mol. The van der Waals surface area contributed by atoms with Gasteiger partial charge in [-0.2, -0.15) is 13.2 Å². The van der Waals surface area contributed by atoms with E-state index < -0.39 is 11.7 Å². The summed E-state index contributed by atoms with van der Waals surface area (Å²) in [7, 11) is 0. The molecule has 4 rings (SSSR count). The lowest BCUT2D eigenvalue weighted by molar-refractivity contribution is -0.137. The molecule has 1 fully saturated rings. The Morgan fingerprint density at radius 3 is 2.65 bits per heavy atom. The van der Waals surface area contributed by atoms with Crippen LogP contribution in [0.1, 0.15) is 17.5 Å². The maximum Gasteiger partial charge on any atom is 0.417 e. The number of aromatic nitrogens is 1. The number of alkyl halides is 3. The zero-order chi connectivity index (χ0) is 18.3. The van der Waals surface area contributed by atoms with Crippen LogP contribution in [0.5, 0.6) is 0 Å². The Labute approximate surface area is 149 Å². The van der Waals surface area contributed by atoms with Gasteiger partial charge in [0.2, 0.25) is 5.91 Å². The smallest absolute Gasteiger partial charge is 0.356 e. The van der Waals surface area contributed by atoms with Gasteiger partial charge in [-0.25, -0.2) is 4.98 Å². The summed E-state index contributed by atoms with van der Waals surface area (Å²) < 4.78 is 38.0. The van der Waals surface area contributed by atoms with E-state index in [9.17, 15) is 18.0 Å². The van der Waals surface area contributed by atoms with E-state index in [1.54, 1.807) is 0 Å². The quantitative estimate of drug-likeness (QED) is 0.821. The van der Waals surface area contributed by atoms with Crippen LogP contribution in [0.15, 0.2) is 42.6 Å². The third kappa shape index (κ3) is 3.02. The highest BCUT2D eigenvalue weighted by Gasteiger charge is 2.35. The molecule has 0 bridgehead atoms. The van der Waals surface area contributed by atoms with Gasteiger partial charge in [0.05, 0.1) is 11.5 Å². The highest BCUT2D eigenvalue weighted by Crippen LogP contribution is 2.33. The maximum absolute atomic E-state index is 12.9. The van der Waals surface area contributed by atoms with E-state index in [0.29, 0.717) is 31.9 Å². The first-order valence-corrected chi connectivity index (χ1v) is 8.61. The lowest BCUT2D eigenvalue weighted by atomic mass is 10.1. The van der Waals surface area contributed by atoms with Crippen molar-refractivity contribution in [3.05, 3.63) is 53.7 Å². The molecule has 7 heteroatoms. The SMILES string of the molecule is O=C(C1CCN(c2ccc(C(F)(F)F)cn2)C1)N1CCc2ccccc21. The number of benzene rings is 1. The van der Waals surface area contributed by atoms with E-state index in [2.05, 4.69) is 4.98 Å². The number of hydrogen-bond acceptors (Lipinski definition) is 3. The number of carbonyl (C=O) groups excluding carboxylic acids is 1. The summed E-state index contributed by atoms with van der Waals surface area (Å²) >= 11 is 0. The number of fused-ring (bicyclic) bond motifs is 1. The zero-order valence-corrected chi connectivity index (χ0v) is 14.0. The second-order valence-electron chi connectivity index (χ2n) is 6.70. The topological polar surface area (TPSA) is 36.4 Å². The lowest BCUT2D eigenvalue weighted by Gasteiger charge is -2.22. The third-order valence-electron chi connectivity index (χ3n) is 5.09. The molecule has 4 nitrogen and oxygen atoms in total. The first-order chi connectivity index (χ1) is 12.4. The molecule has 0 spiro atoms. The number of amides is 1. The van der Waals surface area contributed by atoms with E-state index in [-0.39, 0.29) is 11.8 Å². The fraction of sp³-hybridized carbons (Fsp3) is 0.368. The minimum atomic E-state index is -4.39. The monoisotopic (exact) mass is 361 g/mol. The number of para-hydroxylation sites is 1. The molecule has 1 unspecified atom stereocenters. The molecule has 136 valence electrons. The molecule has 2 aromatic rings. The summed E-state index contributed by atoms with van der Waals surface area (Å²) in [6.45, 7) is 1.79. The van der Waals surface area contributed by atoms with Crippen molar-refractivity contribution in [2.24, 2.45) is 5.92 Å². The summed E-state index contributed by atoms with van der Waals surface area (Å²) in [5.41, 5.74) is 1.39. The Balaban J connectivity index is 1.45. The zero-order valence-electron chi connectivity index (χ0n) is 14.0. The molecule has 3 heterocycles. The predicted molar refractivity (Wildman–Crippen MR) is 92.1 cm³/mol. The molecule has 1 aromatic carbocycles. The fourth-order valence-corrected chi connectivity index (χ4v) is 3.70. The molecule has 2 aliphatic rings. The average molecular weight is 361 g/mol. The Morgan fingerprint density at radius 2 is 1.92 bits per heavy atom. The molecule has 1 saturated heterocycles. The second-order valence-corrected chi connectivity index (χ2v) is 6.70. The Kier molecular flexibility index (Phi) is 4.09. The number of nitrogens with zero attached hydrogens (tertiary/aromatic N) is 3. The minimum Gasteiger partial charge on any atom is -0.356 e. The van der Waals surface area contributed by atoms with Crippen molar-refractivity contribution in [1.82, 2.24) is 4.98 Å². The number of anilines is 2. The summed E-state index contributed by atoms with van der Waals surface area (Å²) in [5.74, 6) is 0.407. The van der Waals surface area contributed by atoms with Crippen molar-refractivity contribution in [2.45, 2.75) is 19.0 Å². The van der Waals surface area contributed by atoms with Crippen molar-refractivity contribution >= 4 is 17.4 Å². The van der Waals surface area contributed by atoms with Gasteiger partial charge >= 0.3 is 6.18 Å². The fourth-order valence-electron chi connectivity index (χ4n) is 3.70. The van der Waals surface area contributed by atoms with Crippen molar-refractivity contribution < 1.29 is 18.0 Å². The normalized spacial score (nSPS) is 19.7. The second kappa shape index (κ2) is 6.30. The molecule has 0 N–H and O–H groups in total. The highest BCUT2D eigenvalue weighted by atomic mass is 19.4.